The number of halogens is 1. The maximum Gasteiger partial charge on any atom is 0.123 e. The molecular formula is C17H15FN2. The predicted molar refractivity (Wildman–Crippen MR) is 80.2 cm³/mol. The molecule has 3 aromatic rings. The Labute approximate surface area is 117 Å². The van der Waals surface area contributed by atoms with Gasteiger partial charge in [-0.1, -0.05) is 24.3 Å². The fourth-order valence-corrected chi connectivity index (χ4v) is 2.32. The highest BCUT2D eigenvalue weighted by Crippen LogP contribution is 2.26. The van der Waals surface area contributed by atoms with Crippen molar-refractivity contribution in [2.45, 2.75) is 13.0 Å². The van der Waals surface area contributed by atoms with E-state index in [0.29, 0.717) is 0 Å². The zero-order chi connectivity index (χ0) is 13.9. The summed E-state index contributed by atoms with van der Waals surface area (Å²) in [6, 6.07) is 14.8. The van der Waals surface area contributed by atoms with Crippen molar-refractivity contribution in [2.24, 2.45) is 0 Å². The Hall–Kier alpha value is -2.42. The van der Waals surface area contributed by atoms with Crippen LogP contribution in [0.4, 0.5) is 10.1 Å². The van der Waals surface area contributed by atoms with E-state index in [1.54, 1.807) is 18.3 Å². The van der Waals surface area contributed by atoms with Gasteiger partial charge in [-0.05, 0) is 36.8 Å². The molecule has 0 spiro atoms. The first kappa shape index (κ1) is 12.6. The third kappa shape index (κ3) is 2.48. The standard InChI is InChI=1S/C17H15FN2/c1-12(13-5-7-15(18)8-6-13)20-17-4-2-3-14-11-19-10-9-16(14)17/h2-12,20H,1H3. The molecule has 0 amide bonds. The SMILES string of the molecule is CC(Nc1cccc2cnccc12)c1ccc(F)cc1. The number of benzene rings is 2. The van der Waals surface area contributed by atoms with Crippen LogP contribution >= 0.6 is 0 Å². The van der Waals surface area contributed by atoms with Crippen LogP contribution < -0.4 is 5.32 Å². The molecule has 0 fully saturated rings. The van der Waals surface area contributed by atoms with Crippen LogP contribution in [0.15, 0.2) is 60.9 Å². The van der Waals surface area contributed by atoms with Gasteiger partial charge in [-0.25, -0.2) is 4.39 Å². The highest BCUT2D eigenvalue weighted by molar-refractivity contribution is 5.93. The lowest BCUT2D eigenvalue weighted by molar-refractivity contribution is 0.626. The molecule has 1 aromatic heterocycles. The predicted octanol–water partition coefficient (Wildman–Crippen LogP) is 4.55. The molecule has 0 saturated carbocycles. The number of pyridine rings is 1. The van der Waals surface area contributed by atoms with E-state index < -0.39 is 0 Å². The molecule has 0 saturated heterocycles. The number of nitrogens with zero attached hydrogens (tertiary/aromatic N) is 1. The highest BCUT2D eigenvalue weighted by Gasteiger charge is 2.07. The Morgan fingerprint density at radius 3 is 2.65 bits per heavy atom. The summed E-state index contributed by atoms with van der Waals surface area (Å²) in [6.45, 7) is 2.06. The Morgan fingerprint density at radius 1 is 1.05 bits per heavy atom. The van der Waals surface area contributed by atoms with Gasteiger partial charge >= 0.3 is 0 Å². The Morgan fingerprint density at radius 2 is 1.85 bits per heavy atom. The number of aromatic nitrogens is 1. The average molecular weight is 266 g/mol. The van der Waals surface area contributed by atoms with Crippen molar-refractivity contribution >= 4 is 16.5 Å². The fourth-order valence-electron chi connectivity index (χ4n) is 2.32. The van der Waals surface area contributed by atoms with Crippen LogP contribution in [0.2, 0.25) is 0 Å². The number of hydrogen-bond donors (Lipinski definition) is 1. The molecular weight excluding hydrogens is 251 g/mol. The monoisotopic (exact) mass is 266 g/mol. The number of anilines is 1. The van der Waals surface area contributed by atoms with Crippen molar-refractivity contribution in [1.82, 2.24) is 4.98 Å². The van der Waals surface area contributed by atoms with Gasteiger partial charge in [0.2, 0.25) is 0 Å². The first-order chi connectivity index (χ1) is 9.74. The van der Waals surface area contributed by atoms with Crippen molar-refractivity contribution in [1.29, 1.82) is 0 Å². The average Bonchev–Trinajstić information content (AvgIpc) is 2.48. The molecule has 3 rings (SSSR count). The molecule has 2 nitrogen and oxygen atoms in total. The van der Waals surface area contributed by atoms with Gasteiger partial charge in [0.05, 0.1) is 0 Å². The minimum absolute atomic E-state index is 0.106. The van der Waals surface area contributed by atoms with E-state index in [1.165, 1.54) is 12.1 Å². The quantitative estimate of drug-likeness (QED) is 0.752. The van der Waals surface area contributed by atoms with Crippen molar-refractivity contribution in [3.05, 3.63) is 72.3 Å². The van der Waals surface area contributed by atoms with Gasteiger partial charge in [-0.3, -0.25) is 4.98 Å². The number of rotatable bonds is 3. The summed E-state index contributed by atoms with van der Waals surface area (Å²) in [6.07, 6.45) is 3.64. The summed E-state index contributed by atoms with van der Waals surface area (Å²) < 4.78 is 13.0. The van der Waals surface area contributed by atoms with Crippen molar-refractivity contribution < 1.29 is 4.39 Å². The summed E-state index contributed by atoms with van der Waals surface area (Å²) in [5.74, 6) is -0.211. The van der Waals surface area contributed by atoms with Gasteiger partial charge in [0.1, 0.15) is 5.82 Å². The molecule has 20 heavy (non-hydrogen) atoms. The summed E-state index contributed by atoms with van der Waals surface area (Å²) in [5, 5.41) is 5.71. The lowest BCUT2D eigenvalue weighted by Gasteiger charge is -2.17. The second-order valence-electron chi connectivity index (χ2n) is 4.82. The van der Waals surface area contributed by atoms with Gasteiger partial charge in [0.15, 0.2) is 0 Å². The second-order valence-corrected chi connectivity index (χ2v) is 4.82. The second kappa shape index (κ2) is 5.29. The molecule has 0 bridgehead atoms. The molecule has 0 aliphatic rings. The summed E-state index contributed by atoms with van der Waals surface area (Å²) in [5.41, 5.74) is 2.11. The van der Waals surface area contributed by atoms with Crippen molar-refractivity contribution in [3.63, 3.8) is 0 Å². The molecule has 0 aliphatic heterocycles. The maximum atomic E-state index is 13.0. The van der Waals surface area contributed by atoms with E-state index in [-0.39, 0.29) is 11.9 Å². The highest BCUT2D eigenvalue weighted by atomic mass is 19.1. The van der Waals surface area contributed by atoms with E-state index in [0.717, 1.165) is 22.0 Å². The van der Waals surface area contributed by atoms with Crippen LogP contribution in [0.5, 0.6) is 0 Å². The largest absolute Gasteiger partial charge is 0.378 e. The molecule has 3 heteroatoms. The molecule has 1 heterocycles. The van der Waals surface area contributed by atoms with E-state index in [1.807, 2.05) is 30.5 Å². The van der Waals surface area contributed by atoms with E-state index in [4.69, 9.17) is 0 Å². The number of nitrogens with one attached hydrogen (secondary N) is 1. The molecule has 1 unspecified atom stereocenters. The molecule has 1 atom stereocenters. The number of hydrogen-bond acceptors (Lipinski definition) is 2. The topological polar surface area (TPSA) is 24.9 Å². The van der Waals surface area contributed by atoms with Gasteiger partial charge in [-0.15, -0.1) is 0 Å². The summed E-state index contributed by atoms with van der Waals surface area (Å²) in [4.78, 5) is 4.13. The van der Waals surface area contributed by atoms with Gasteiger partial charge < -0.3 is 5.32 Å². The molecule has 0 aliphatic carbocycles. The number of fused-ring (bicyclic) bond motifs is 1. The van der Waals surface area contributed by atoms with Crippen molar-refractivity contribution in [3.8, 4) is 0 Å². The minimum Gasteiger partial charge on any atom is -0.378 e. The third-order valence-electron chi connectivity index (χ3n) is 3.42. The molecule has 100 valence electrons. The third-order valence-corrected chi connectivity index (χ3v) is 3.42. The van der Waals surface area contributed by atoms with Crippen LogP contribution in [0.3, 0.4) is 0 Å². The maximum absolute atomic E-state index is 13.0. The van der Waals surface area contributed by atoms with Crippen LogP contribution in [-0.2, 0) is 0 Å². The zero-order valence-electron chi connectivity index (χ0n) is 11.2. The summed E-state index contributed by atoms with van der Waals surface area (Å²) in [7, 11) is 0. The van der Waals surface area contributed by atoms with Crippen LogP contribution in [0.25, 0.3) is 10.8 Å². The Balaban J connectivity index is 1.91. The van der Waals surface area contributed by atoms with Crippen LogP contribution in [-0.4, -0.2) is 4.98 Å². The van der Waals surface area contributed by atoms with Crippen molar-refractivity contribution in [2.75, 3.05) is 5.32 Å². The van der Waals surface area contributed by atoms with E-state index in [2.05, 4.69) is 17.2 Å². The lowest BCUT2D eigenvalue weighted by Crippen LogP contribution is -2.06. The smallest absolute Gasteiger partial charge is 0.123 e. The van der Waals surface area contributed by atoms with Crippen LogP contribution in [0, 0.1) is 5.82 Å². The van der Waals surface area contributed by atoms with Crippen LogP contribution in [0.1, 0.15) is 18.5 Å². The zero-order valence-corrected chi connectivity index (χ0v) is 11.2. The summed E-state index contributed by atoms with van der Waals surface area (Å²) >= 11 is 0. The van der Waals surface area contributed by atoms with Gasteiger partial charge in [-0.2, -0.15) is 0 Å². The van der Waals surface area contributed by atoms with Gasteiger partial charge in [0.25, 0.3) is 0 Å². The lowest BCUT2D eigenvalue weighted by atomic mass is 10.1. The first-order valence-electron chi connectivity index (χ1n) is 6.59. The Kier molecular flexibility index (Phi) is 3.33. The first-order valence-corrected chi connectivity index (χ1v) is 6.59. The van der Waals surface area contributed by atoms with Gasteiger partial charge in [0, 0.05) is 34.9 Å². The van der Waals surface area contributed by atoms with E-state index in [9.17, 15) is 4.39 Å². The molecule has 2 aromatic carbocycles. The normalized spacial score (nSPS) is 12.3. The Bertz CT molecular complexity index is 717. The molecule has 1 N–H and O–H groups in total. The van der Waals surface area contributed by atoms with E-state index >= 15 is 0 Å². The minimum atomic E-state index is -0.211. The fraction of sp³-hybridized carbons (Fsp3) is 0.118. The molecule has 0 radical (unpaired) electrons.